The molecule has 2 nitrogen and oxygen atoms in total. The summed E-state index contributed by atoms with van der Waals surface area (Å²) in [6, 6.07) is 4.79. The Balaban J connectivity index is 2.99. The Kier molecular flexibility index (Phi) is 6.24. The molecular formula is C15H23ClFNO. The maximum absolute atomic E-state index is 13.9. The van der Waals surface area contributed by atoms with E-state index >= 15 is 0 Å². The number of hydrogen-bond acceptors (Lipinski definition) is 2. The topological polar surface area (TPSA) is 21.3 Å². The van der Waals surface area contributed by atoms with E-state index in [9.17, 15) is 4.39 Å². The van der Waals surface area contributed by atoms with Crippen LogP contribution in [0.15, 0.2) is 18.2 Å². The van der Waals surface area contributed by atoms with Gasteiger partial charge in [0.15, 0.2) is 0 Å². The third-order valence-corrected chi connectivity index (χ3v) is 4.09. The highest BCUT2D eigenvalue weighted by molar-refractivity contribution is 6.31. The average molecular weight is 288 g/mol. The zero-order valence-electron chi connectivity index (χ0n) is 12.1. The van der Waals surface area contributed by atoms with Crippen molar-refractivity contribution < 1.29 is 9.13 Å². The van der Waals surface area contributed by atoms with Crippen molar-refractivity contribution in [3.63, 3.8) is 0 Å². The molecule has 2 unspecified atom stereocenters. The van der Waals surface area contributed by atoms with Gasteiger partial charge in [-0.05, 0) is 45.9 Å². The first-order valence-electron chi connectivity index (χ1n) is 6.72. The molecule has 0 heterocycles. The highest BCUT2D eigenvalue weighted by Gasteiger charge is 2.33. The standard InChI is InChI=1S/C15H23ClFNO/c1-5-15(3,19-6-2)14(18-4)10-11-12(16)8-7-9-13(11)17/h7-9,14,18H,5-6,10H2,1-4H3. The minimum absolute atomic E-state index is 0.00634. The number of hydrogen-bond donors (Lipinski definition) is 1. The lowest BCUT2D eigenvalue weighted by molar-refractivity contribution is -0.0535. The zero-order chi connectivity index (χ0) is 14.5. The van der Waals surface area contributed by atoms with Gasteiger partial charge in [0.25, 0.3) is 0 Å². The third-order valence-electron chi connectivity index (χ3n) is 3.73. The molecule has 0 saturated heterocycles. The molecule has 108 valence electrons. The molecule has 0 saturated carbocycles. The van der Waals surface area contributed by atoms with Crippen molar-refractivity contribution in [2.75, 3.05) is 13.7 Å². The van der Waals surface area contributed by atoms with E-state index in [1.807, 2.05) is 20.9 Å². The van der Waals surface area contributed by atoms with E-state index in [2.05, 4.69) is 12.2 Å². The van der Waals surface area contributed by atoms with Gasteiger partial charge < -0.3 is 10.1 Å². The normalized spacial score (nSPS) is 16.1. The monoisotopic (exact) mass is 287 g/mol. The van der Waals surface area contributed by atoms with E-state index in [1.165, 1.54) is 6.07 Å². The molecule has 4 heteroatoms. The maximum Gasteiger partial charge on any atom is 0.127 e. The first-order chi connectivity index (χ1) is 8.98. The van der Waals surface area contributed by atoms with Crippen molar-refractivity contribution in [2.45, 2.75) is 45.3 Å². The van der Waals surface area contributed by atoms with Crippen LogP contribution >= 0.6 is 11.6 Å². The summed E-state index contributed by atoms with van der Waals surface area (Å²) < 4.78 is 19.7. The molecule has 0 amide bonds. The van der Waals surface area contributed by atoms with Crippen molar-refractivity contribution in [2.24, 2.45) is 0 Å². The molecule has 0 aromatic heterocycles. The second-order valence-electron chi connectivity index (χ2n) is 4.84. The average Bonchev–Trinajstić information content (AvgIpc) is 2.38. The van der Waals surface area contributed by atoms with Gasteiger partial charge in [-0.15, -0.1) is 0 Å². The molecule has 2 atom stereocenters. The Bertz CT molecular complexity index is 393. The van der Waals surface area contributed by atoms with E-state index < -0.39 is 0 Å². The number of ether oxygens (including phenoxy) is 1. The fraction of sp³-hybridized carbons (Fsp3) is 0.600. The van der Waals surface area contributed by atoms with Gasteiger partial charge in [-0.1, -0.05) is 24.6 Å². The van der Waals surface area contributed by atoms with Crippen molar-refractivity contribution in [3.05, 3.63) is 34.6 Å². The maximum atomic E-state index is 13.9. The first kappa shape index (κ1) is 16.4. The predicted molar refractivity (Wildman–Crippen MR) is 78.3 cm³/mol. The predicted octanol–water partition coefficient (Wildman–Crippen LogP) is 3.81. The van der Waals surface area contributed by atoms with Gasteiger partial charge in [0.05, 0.1) is 5.60 Å². The van der Waals surface area contributed by atoms with E-state index in [1.54, 1.807) is 12.1 Å². The van der Waals surface area contributed by atoms with Crippen LogP contribution in [0.1, 0.15) is 32.8 Å². The van der Waals surface area contributed by atoms with Gasteiger partial charge in [-0.3, -0.25) is 0 Å². The van der Waals surface area contributed by atoms with Crippen LogP contribution < -0.4 is 5.32 Å². The smallest absolute Gasteiger partial charge is 0.127 e. The van der Waals surface area contributed by atoms with Gasteiger partial charge in [-0.2, -0.15) is 0 Å². The summed E-state index contributed by atoms with van der Waals surface area (Å²) in [5.41, 5.74) is 0.206. The Labute approximate surface area is 120 Å². The SMILES string of the molecule is CCOC(C)(CC)C(Cc1c(F)cccc1Cl)NC. The molecule has 0 spiro atoms. The highest BCUT2D eigenvalue weighted by atomic mass is 35.5. The van der Waals surface area contributed by atoms with Gasteiger partial charge >= 0.3 is 0 Å². The Morgan fingerprint density at radius 2 is 2.11 bits per heavy atom. The third kappa shape index (κ3) is 3.91. The highest BCUT2D eigenvalue weighted by Crippen LogP contribution is 2.27. The summed E-state index contributed by atoms with van der Waals surface area (Å²) in [5.74, 6) is -0.261. The van der Waals surface area contributed by atoms with Crippen LogP contribution in [0.5, 0.6) is 0 Å². The minimum Gasteiger partial charge on any atom is -0.374 e. The molecule has 0 aliphatic rings. The summed E-state index contributed by atoms with van der Waals surface area (Å²) in [4.78, 5) is 0. The lowest BCUT2D eigenvalue weighted by Gasteiger charge is -2.37. The van der Waals surface area contributed by atoms with Crippen molar-refractivity contribution in [1.29, 1.82) is 0 Å². The van der Waals surface area contributed by atoms with Crippen LogP contribution in [-0.2, 0) is 11.2 Å². The molecule has 0 aliphatic heterocycles. The fourth-order valence-corrected chi connectivity index (χ4v) is 2.57. The summed E-state index contributed by atoms with van der Waals surface area (Å²) in [6.45, 7) is 6.72. The summed E-state index contributed by atoms with van der Waals surface area (Å²) >= 11 is 6.09. The van der Waals surface area contributed by atoms with Crippen LogP contribution in [0.25, 0.3) is 0 Å². The molecule has 0 bridgehead atoms. The number of likely N-dealkylation sites (N-methyl/N-ethyl adjacent to an activating group) is 1. The molecular weight excluding hydrogens is 265 g/mol. The molecule has 1 rings (SSSR count). The molecule has 19 heavy (non-hydrogen) atoms. The zero-order valence-corrected chi connectivity index (χ0v) is 12.9. The van der Waals surface area contributed by atoms with Crippen LogP contribution in [-0.4, -0.2) is 25.3 Å². The van der Waals surface area contributed by atoms with E-state index in [0.717, 1.165) is 6.42 Å². The number of benzene rings is 1. The van der Waals surface area contributed by atoms with Crippen molar-refractivity contribution in [3.8, 4) is 0 Å². The number of rotatable bonds is 7. The minimum atomic E-state index is -0.338. The number of halogens is 2. The van der Waals surface area contributed by atoms with Gasteiger partial charge in [0.1, 0.15) is 5.82 Å². The van der Waals surface area contributed by atoms with Gasteiger partial charge in [-0.25, -0.2) is 4.39 Å². The molecule has 1 aromatic carbocycles. The Hall–Kier alpha value is -0.640. The Morgan fingerprint density at radius 1 is 1.42 bits per heavy atom. The first-order valence-corrected chi connectivity index (χ1v) is 7.10. The molecule has 0 radical (unpaired) electrons. The molecule has 0 fully saturated rings. The largest absolute Gasteiger partial charge is 0.374 e. The summed E-state index contributed by atoms with van der Waals surface area (Å²) in [7, 11) is 1.87. The molecule has 1 N–H and O–H groups in total. The van der Waals surface area contributed by atoms with Crippen molar-refractivity contribution >= 4 is 11.6 Å². The van der Waals surface area contributed by atoms with Crippen LogP contribution in [0.2, 0.25) is 5.02 Å². The summed E-state index contributed by atoms with van der Waals surface area (Å²) in [6.07, 6.45) is 1.35. The van der Waals surface area contributed by atoms with Crippen LogP contribution in [0.3, 0.4) is 0 Å². The lowest BCUT2D eigenvalue weighted by Crippen LogP contribution is -2.50. The molecule has 0 aliphatic carbocycles. The van der Waals surface area contributed by atoms with Gasteiger partial charge in [0.2, 0.25) is 0 Å². The molecule has 1 aromatic rings. The Morgan fingerprint density at radius 3 is 2.58 bits per heavy atom. The van der Waals surface area contributed by atoms with E-state index in [0.29, 0.717) is 23.6 Å². The lowest BCUT2D eigenvalue weighted by atomic mass is 9.88. The van der Waals surface area contributed by atoms with E-state index in [4.69, 9.17) is 16.3 Å². The van der Waals surface area contributed by atoms with Gasteiger partial charge in [0, 0.05) is 23.2 Å². The number of nitrogens with one attached hydrogen (secondary N) is 1. The quantitative estimate of drug-likeness (QED) is 0.823. The van der Waals surface area contributed by atoms with Crippen LogP contribution in [0.4, 0.5) is 4.39 Å². The second kappa shape index (κ2) is 7.22. The fourth-order valence-electron chi connectivity index (χ4n) is 2.33. The van der Waals surface area contributed by atoms with Crippen LogP contribution in [0, 0.1) is 5.82 Å². The van der Waals surface area contributed by atoms with Crippen molar-refractivity contribution in [1.82, 2.24) is 5.32 Å². The summed E-state index contributed by atoms with van der Waals surface area (Å²) in [5, 5.41) is 3.70. The van der Waals surface area contributed by atoms with E-state index in [-0.39, 0.29) is 17.5 Å². The second-order valence-corrected chi connectivity index (χ2v) is 5.25.